The molecule has 0 fully saturated rings. The van der Waals surface area contributed by atoms with Gasteiger partial charge in [0.1, 0.15) is 5.69 Å². The molecule has 0 aliphatic heterocycles. The highest BCUT2D eigenvalue weighted by Crippen LogP contribution is 2.20. The Morgan fingerprint density at radius 2 is 2.05 bits per heavy atom. The zero-order chi connectivity index (χ0) is 16.3. The first kappa shape index (κ1) is 16.0. The molecule has 1 heterocycles. The summed E-state index contributed by atoms with van der Waals surface area (Å²) < 4.78 is 0. The van der Waals surface area contributed by atoms with Crippen LogP contribution in [0.5, 0.6) is 0 Å². The third-order valence-corrected chi connectivity index (χ3v) is 3.64. The van der Waals surface area contributed by atoms with Crippen molar-refractivity contribution in [3.05, 3.63) is 35.5 Å². The van der Waals surface area contributed by atoms with Gasteiger partial charge in [-0.3, -0.25) is 15.1 Å². The lowest BCUT2D eigenvalue weighted by Gasteiger charge is -2.21. The molecule has 1 amide bonds. The molecular weight excluding hydrogens is 278 g/mol. The number of carbonyl (C=O) groups is 1. The number of nitrogens with two attached hydrogens (primary N) is 1. The van der Waals surface area contributed by atoms with E-state index < -0.39 is 0 Å². The van der Waals surface area contributed by atoms with Crippen molar-refractivity contribution in [1.82, 2.24) is 14.8 Å². The smallest absolute Gasteiger partial charge is 0.276 e. The minimum atomic E-state index is -0.262. The third kappa shape index (κ3) is 3.46. The number of amides is 1. The molecule has 0 radical (unpaired) electrons. The van der Waals surface area contributed by atoms with Crippen LogP contribution < -0.4 is 5.73 Å². The Kier molecular flexibility index (Phi) is 4.82. The molecule has 0 aliphatic carbocycles. The van der Waals surface area contributed by atoms with Crippen molar-refractivity contribution in [3.63, 3.8) is 0 Å². The SMILES string of the molecule is Cc1cccc2[nH]c(C(=O)N(CCCN(C)C)C(=N)N)cc12. The number of rotatable bonds is 5. The number of guanidine groups is 1. The lowest BCUT2D eigenvalue weighted by Crippen LogP contribution is -2.42. The minimum Gasteiger partial charge on any atom is -0.370 e. The number of benzene rings is 1. The molecule has 118 valence electrons. The standard InChI is InChI=1S/C16H23N5O/c1-11-6-4-7-13-12(11)10-14(19-13)15(22)21(16(17)18)9-5-8-20(2)3/h4,6-7,10,19H,5,8-9H2,1-3H3,(H3,17,18). The fourth-order valence-electron chi connectivity index (χ4n) is 2.44. The average Bonchev–Trinajstić information content (AvgIpc) is 2.88. The highest BCUT2D eigenvalue weighted by Gasteiger charge is 2.20. The Hall–Kier alpha value is -2.34. The van der Waals surface area contributed by atoms with Crippen molar-refractivity contribution < 1.29 is 4.79 Å². The summed E-state index contributed by atoms with van der Waals surface area (Å²) in [6.45, 7) is 3.27. The monoisotopic (exact) mass is 301 g/mol. The second-order valence-electron chi connectivity index (χ2n) is 5.72. The summed E-state index contributed by atoms with van der Waals surface area (Å²) in [7, 11) is 3.95. The van der Waals surface area contributed by atoms with E-state index in [0.717, 1.165) is 29.4 Å². The fraction of sp³-hybridized carbons (Fsp3) is 0.375. The Morgan fingerprint density at radius 3 is 2.64 bits per heavy atom. The molecule has 0 atom stereocenters. The molecular formula is C16H23N5O. The molecule has 0 saturated heterocycles. The van der Waals surface area contributed by atoms with Crippen LogP contribution in [0.25, 0.3) is 10.9 Å². The molecule has 0 spiro atoms. The molecule has 2 rings (SSSR count). The number of aromatic nitrogens is 1. The van der Waals surface area contributed by atoms with Crippen molar-refractivity contribution >= 4 is 22.8 Å². The zero-order valence-corrected chi connectivity index (χ0v) is 13.3. The topological polar surface area (TPSA) is 89.2 Å². The van der Waals surface area contributed by atoms with Crippen LogP contribution in [0.1, 0.15) is 22.5 Å². The number of nitrogens with one attached hydrogen (secondary N) is 2. The maximum absolute atomic E-state index is 12.6. The first-order valence-electron chi connectivity index (χ1n) is 7.29. The average molecular weight is 301 g/mol. The van der Waals surface area contributed by atoms with Crippen molar-refractivity contribution in [2.45, 2.75) is 13.3 Å². The van der Waals surface area contributed by atoms with Crippen molar-refractivity contribution in [3.8, 4) is 0 Å². The summed E-state index contributed by atoms with van der Waals surface area (Å²) in [6.07, 6.45) is 0.761. The summed E-state index contributed by atoms with van der Waals surface area (Å²) in [5, 5.41) is 8.67. The van der Waals surface area contributed by atoms with E-state index in [1.807, 2.05) is 50.2 Å². The zero-order valence-electron chi connectivity index (χ0n) is 13.3. The van der Waals surface area contributed by atoms with E-state index >= 15 is 0 Å². The highest BCUT2D eigenvalue weighted by molar-refractivity contribution is 6.06. The largest absolute Gasteiger partial charge is 0.370 e. The van der Waals surface area contributed by atoms with Crippen LogP contribution in [0.15, 0.2) is 24.3 Å². The number of nitrogens with zero attached hydrogens (tertiary/aromatic N) is 2. The van der Waals surface area contributed by atoms with Crippen LogP contribution in [0.4, 0.5) is 0 Å². The van der Waals surface area contributed by atoms with E-state index in [-0.39, 0.29) is 11.9 Å². The maximum Gasteiger partial charge on any atom is 0.276 e. The van der Waals surface area contributed by atoms with E-state index in [0.29, 0.717) is 12.2 Å². The predicted molar refractivity (Wildman–Crippen MR) is 89.2 cm³/mol. The molecule has 1 aromatic carbocycles. The number of H-pyrrole nitrogens is 1. The Bertz CT molecular complexity index is 689. The van der Waals surface area contributed by atoms with Gasteiger partial charge in [0, 0.05) is 17.4 Å². The van der Waals surface area contributed by atoms with Gasteiger partial charge in [0.15, 0.2) is 5.96 Å². The molecule has 22 heavy (non-hydrogen) atoms. The quantitative estimate of drug-likeness (QED) is 0.581. The Balaban J connectivity index is 2.21. The predicted octanol–water partition coefficient (Wildman–Crippen LogP) is 1.76. The number of hydrogen-bond donors (Lipinski definition) is 3. The van der Waals surface area contributed by atoms with E-state index in [1.165, 1.54) is 4.90 Å². The van der Waals surface area contributed by atoms with Gasteiger partial charge in [-0.05, 0) is 51.7 Å². The van der Waals surface area contributed by atoms with Crippen LogP contribution in [0, 0.1) is 12.3 Å². The molecule has 0 unspecified atom stereocenters. The molecule has 6 heteroatoms. The van der Waals surface area contributed by atoms with Crippen LogP contribution in [-0.2, 0) is 0 Å². The molecule has 0 saturated carbocycles. The van der Waals surface area contributed by atoms with Gasteiger partial charge in [-0.25, -0.2) is 0 Å². The van der Waals surface area contributed by atoms with Crippen molar-refractivity contribution in [2.24, 2.45) is 5.73 Å². The summed E-state index contributed by atoms with van der Waals surface area (Å²) in [4.78, 5) is 19.1. The highest BCUT2D eigenvalue weighted by atomic mass is 16.2. The van der Waals surface area contributed by atoms with E-state index in [2.05, 4.69) is 4.98 Å². The lowest BCUT2D eigenvalue weighted by molar-refractivity contribution is 0.0837. The van der Waals surface area contributed by atoms with Crippen LogP contribution in [0.2, 0.25) is 0 Å². The van der Waals surface area contributed by atoms with Crippen LogP contribution in [0.3, 0.4) is 0 Å². The first-order valence-corrected chi connectivity index (χ1v) is 7.29. The summed E-state index contributed by atoms with van der Waals surface area (Å²) >= 11 is 0. The number of aromatic amines is 1. The first-order chi connectivity index (χ1) is 10.4. The van der Waals surface area contributed by atoms with Gasteiger partial charge in [-0.2, -0.15) is 0 Å². The Labute approximate surface area is 130 Å². The number of fused-ring (bicyclic) bond motifs is 1. The normalized spacial score (nSPS) is 11.1. The summed E-state index contributed by atoms with van der Waals surface area (Å²) in [6, 6.07) is 7.71. The fourth-order valence-corrected chi connectivity index (χ4v) is 2.44. The number of carbonyl (C=O) groups excluding carboxylic acids is 1. The van der Waals surface area contributed by atoms with E-state index in [1.54, 1.807) is 0 Å². The third-order valence-electron chi connectivity index (χ3n) is 3.64. The van der Waals surface area contributed by atoms with Crippen molar-refractivity contribution in [2.75, 3.05) is 27.2 Å². The van der Waals surface area contributed by atoms with Gasteiger partial charge in [0.2, 0.25) is 0 Å². The van der Waals surface area contributed by atoms with Gasteiger partial charge in [0.25, 0.3) is 5.91 Å². The minimum absolute atomic E-state index is 0.223. The van der Waals surface area contributed by atoms with Gasteiger partial charge in [-0.15, -0.1) is 0 Å². The van der Waals surface area contributed by atoms with Gasteiger partial charge in [-0.1, -0.05) is 12.1 Å². The molecule has 0 aliphatic rings. The van der Waals surface area contributed by atoms with Crippen LogP contribution in [-0.4, -0.2) is 53.8 Å². The second kappa shape index (κ2) is 6.62. The van der Waals surface area contributed by atoms with E-state index in [4.69, 9.17) is 11.1 Å². The molecule has 6 nitrogen and oxygen atoms in total. The van der Waals surface area contributed by atoms with E-state index in [9.17, 15) is 4.79 Å². The van der Waals surface area contributed by atoms with Gasteiger partial charge < -0.3 is 15.6 Å². The van der Waals surface area contributed by atoms with Gasteiger partial charge >= 0.3 is 0 Å². The number of hydrogen-bond acceptors (Lipinski definition) is 3. The molecule has 4 N–H and O–H groups in total. The Morgan fingerprint density at radius 1 is 1.32 bits per heavy atom. The maximum atomic E-state index is 12.6. The van der Waals surface area contributed by atoms with Crippen LogP contribution >= 0.6 is 0 Å². The van der Waals surface area contributed by atoms with Gasteiger partial charge in [0.05, 0.1) is 0 Å². The molecule has 0 bridgehead atoms. The molecule has 2 aromatic rings. The molecule has 1 aromatic heterocycles. The summed E-state index contributed by atoms with van der Waals surface area (Å²) in [5.41, 5.74) is 8.06. The summed E-state index contributed by atoms with van der Waals surface area (Å²) in [5.74, 6) is -0.485. The lowest BCUT2D eigenvalue weighted by atomic mass is 10.1. The van der Waals surface area contributed by atoms with Crippen molar-refractivity contribution in [1.29, 1.82) is 5.41 Å². The number of aryl methyl sites for hydroxylation is 1. The second-order valence-corrected chi connectivity index (χ2v) is 5.72.